The van der Waals surface area contributed by atoms with E-state index in [0.29, 0.717) is 11.4 Å². The molecule has 0 saturated carbocycles. The highest BCUT2D eigenvalue weighted by atomic mass is 16.3. The van der Waals surface area contributed by atoms with Gasteiger partial charge < -0.3 is 13.9 Å². The number of rotatable bonds is 6. The predicted octanol–water partition coefficient (Wildman–Crippen LogP) is 14.9. The lowest BCUT2D eigenvalue weighted by molar-refractivity contribution is 0.667. The zero-order chi connectivity index (χ0) is 41.4. The fourth-order valence-corrected chi connectivity index (χ4v) is 10.1. The normalized spacial score (nSPS) is 15.5. The van der Waals surface area contributed by atoms with E-state index in [1.54, 1.807) is 0 Å². The molecule has 1 aliphatic heterocycles. The number of fused-ring (bicyclic) bond motifs is 9. The first-order valence-electron chi connectivity index (χ1n) is 21.6. The molecule has 63 heavy (non-hydrogen) atoms. The Morgan fingerprint density at radius 2 is 1.08 bits per heavy atom. The molecular formula is C58H38N4O. The van der Waals surface area contributed by atoms with Crippen molar-refractivity contribution in [2.75, 3.05) is 4.90 Å². The Labute approximate surface area is 364 Å². The highest BCUT2D eigenvalue weighted by Crippen LogP contribution is 2.52. The Kier molecular flexibility index (Phi) is 7.97. The van der Waals surface area contributed by atoms with Crippen LogP contribution >= 0.6 is 0 Å². The molecule has 0 spiro atoms. The summed E-state index contributed by atoms with van der Waals surface area (Å²) in [6, 6.07) is 69.4. The molecule has 0 saturated heterocycles. The maximum atomic E-state index is 6.72. The van der Waals surface area contributed by atoms with E-state index < -0.39 is 0 Å². The third-order valence-electron chi connectivity index (χ3n) is 12.9. The second-order valence-corrected chi connectivity index (χ2v) is 16.5. The minimum atomic E-state index is 0.182. The molecule has 13 rings (SSSR count). The predicted molar refractivity (Wildman–Crippen MR) is 259 cm³/mol. The molecule has 0 fully saturated rings. The number of furan rings is 1. The van der Waals surface area contributed by atoms with Crippen LogP contribution in [0.1, 0.15) is 11.5 Å². The van der Waals surface area contributed by atoms with Crippen molar-refractivity contribution in [1.82, 2.24) is 14.5 Å². The molecule has 0 amide bonds. The number of aromatic nitrogens is 3. The molecule has 4 heterocycles. The van der Waals surface area contributed by atoms with Gasteiger partial charge in [-0.15, -0.1) is 0 Å². The van der Waals surface area contributed by atoms with Crippen molar-refractivity contribution < 1.29 is 4.42 Å². The van der Waals surface area contributed by atoms with Crippen LogP contribution in [-0.4, -0.2) is 20.6 Å². The standard InChI is InChI=1S/C58H38N4O/c1-5-19-37(20-6-1)45-33-40(54-57-55(44-29-15-18-32-53(44)63-57)60-58(59-54)39-23-9-3-10-24-39)34-46(38-21-7-2-8-22-38)56(45)62-50-31-17-14-28-43(50)48-35-47-42-27-13-16-30-49(42)61(51(47)36-52(48)62)41-25-11-4-12-26-41/h1-36,42,49H. The van der Waals surface area contributed by atoms with Crippen LogP contribution in [0.3, 0.4) is 0 Å². The summed E-state index contributed by atoms with van der Waals surface area (Å²) in [6.45, 7) is 0. The van der Waals surface area contributed by atoms with Gasteiger partial charge in [0.05, 0.1) is 22.8 Å². The molecule has 1 aliphatic carbocycles. The van der Waals surface area contributed by atoms with E-state index in [-0.39, 0.29) is 12.0 Å². The molecule has 0 bridgehead atoms. The van der Waals surface area contributed by atoms with Crippen LogP contribution in [0.15, 0.2) is 223 Å². The molecule has 5 nitrogen and oxygen atoms in total. The molecule has 296 valence electrons. The Morgan fingerprint density at radius 3 is 1.79 bits per heavy atom. The van der Waals surface area contributed by atoms with Gasteiger partial charge in [0, 0.05) is 55.7 Å². The lowest BCUT2D eigenvalue weighted by atomic mass is 9.90. The van der Waals surface area contributed by atoms with E-state index in [1.165, 1.54) is 27.7 Å². The summed E-state index contributed by atoms with van der Waals surface area (Å²) in [5.41, 5.74) is 16.4. The molecule has 8 aromatic carbocycles. The summed E-state index contributed by atoms with van der Waals surface area (Å²) in [7, 11) is 0. The van der Waals surface area contributed by atoms with Crippen molar-refractivity contribution in [2.45, 2.75) is 12.0 Å². The van der Waals surface area contributed by atoms with Gasteiger partial charge >= 0.3 is 0 Å². The summed E-state index contributed by atoms with van der Waals surface area (Å²) in [5.74, 6) is 0.889. The summed E-state index contributed by atoms with van der Waals surface area (Å²) in [5, 5.41) is 3.41. The number of para-hydroxylation sites is 3. The van der Waals surface area contributed by atoms with Crippen LogP contribution in [-0.2, 0) is 0 Å². The van der Waals surface area contributed by atoms with Gasteiger partial charge in [-0.3, -0.25) is 0 Å². The van der Waals surface area contributed by atoms with Gasteiger partial charge in [0.2, 0.25) is 0 Å². The van der Waals surface area contributed by atoms with Crippen LogP contribution in [0.2, 0.25) is 0 Å². The molecule has 11 aromatic rings. The molecule has 5 heteroatoms. The van der Waals surface area contributed by atoms with Crippen LogP contribution in [0.5, 0.6) is 0 Å². The van der Waals surface area contributed by atoms with Gasteiger partial charge in [-0.2, -0.15) is 0 Å². The second-order valence-electron chi connectivity index (χ2n) is 16.5. The largest absolute Gasteiger partial charge is 0.452 e. The smallest absolute Gasteiger partial charge is 0.180 e. The van der Waals surface area contributed by atoms with Gasteiger partial charge in [-0.05, 0) is 71.3 Å². The third-order valence-corrected chi connectivity index (χ3v) is 12.9. The van der Waals surface area contributed by atoms with Gasteiger partial charge in [0.1, 0.15) is 16.8 Å². The minimum Gasteiger partial charge on any atom is -0.452 e. The molecule has 0 radical (unpaired) electrons. The summed E-state index contributed by atoms with van der Waals surface area (Å²) < 4.78 is 9.24. The zero-order valence-corrected chi connectivity index (χ0v) is 34.1. The van der Waals surface area contributed by atoms with E-state index in [2.05, 4.69) is 191 Å². The zero-order valence-electron chi connectivity index (χ0n) is 34.1. The van der Waals surface area contributed by atoms with E-state index in [0.717, 1.165) is 72.3 Å². The lowest BCUT2D eigenvalue weighted by Gasteiger charge is -2.28. The molecule has 2 aliphatic rings. The van der Waals surface area contributed by atoms with Crippen LogP contribution in [0.25, 0.3) is 94.5 Å². The topological polar surface area (TPSA) is 47.1 Å². The Hall–Kier alpha value is -8.28. The summed E-state index contributed by atoms with van der Waals surface area (Å²) >= 11 is 0. The van der Waals surface area contributed by atoms with E-state index in [4.69, 9.17) is 14.4 Å². The van der Waals surface area contributed by atoms with Crippen molar-refractivity contribution in [3.8, 4) is 50.6 Å². The van der Waals surface area contributed by atoms with E-state index in [9.17, 15) is 0 Å². The van der Waals surface area contributed by atoms with Gasteiger partial charge in [-0.25, -0.2) is 9.97 Å². The fraction of sp³-hybridized carbons (Fsp3) is 0.0345. The number of nitrogens with zero attached hydrogens (tertiary/aromatic N) is 4. The van der Waals surface area contributed by atoms with E-state index in [1.807, 2.05) is 36.4 Å². The van der Waals surface area contributed by atoms with Crippen molar-refractivity contribution >= 4 is 55.2 Å². The average molecular weight is 807 g/mol. The maximum absolute atomic E-state index is 6.72. The lowest BCUT2D eigenvalue weighted by Crippen LogP contribution is -2.28. The molecular weight excluding hydrogens is 769 g/mol. The van der Waals surface area contributed by atoms with Gasteiger partial charge in [-0.1, -0.05) is 164 Å². The van der Waals surface area contributed by atoms with Crippen LogP contribution in [0.4, 0.5) is 11.4 Å². The fourth-order valence-electron chi connectivity index (χ4n) is 10.1. The second kappa shape index (κ2) is 14.2. The van der Waals surface area contributed by atoms with Crippen LogP contribution < -0.4 is 4.90 Å². The summed E-state index contributed by atoms with van der Waals surface area (Å²) in [6.07, 6.45) is 9.11. The maximum Gasteiger partial charge on any atom is 0.180 e. The Morgan fingerprint density at radius 1 is 0.476 bits per heavy atom. The quantitative estimate of drug-likeness (QED) is 0.168. The molecule has 3 aromatic heterocycles. The molecule has 2 atom stereocenters. The Bertz CT molecular complexity index is 3560. The minimum absolute atomic E-state index is 0.182. The number of benzene rings is 8. The third kappa shape index (κ3) is 5.56. The van der Waals surface area contributed by atoms with Crippen molar-refractivity contribution in [2.24, 2.45) is 0 Å². The van der Waals surface area contributed by atoms with Crippen molar-refractivity contribution in [3.05, 3.63) is 224 Å². The number of anilines is 2. The van der Waals surface area contributed by atoms with E-state index >= 15 is 0 Å². The SMILES string of the molecule is C1=CC2c3cc4c5ccccc5n(-c5c(-c6ccccc6)cc(-c6nc(-c7ccccc7)nc7c6oc6ccccc67)cc5-c5ccccc5)c4cc3N(c3ccccc3)C2C=C1. The Balaban J connectivity index is 1.15. The van der Waals surface area contributed by atoms with Gasteiger partial charge in [0.25, 0.3) is 0 Å². The molecule has 0 N–H and O–H groups in total. The summed E-state index contributed by atoms with van der Waals surface area (Å²) in [4.78, 5) is 13.1. The van der Waals surface area contributed by atoms with Crippen LogP contribution in [0, 0.1) is 0 Å². The molecule has 2 unspecified atom stereocenters. The first-order chi connectivity index (χ1) is 31.3. The first kappa shape index (κ1) is 35.5. The number of hydrogen-bond acceptors (Lipinski definition) is 4. The number of allylic oxidation sites excluding steroid dienone is 2. The highest BCUT2D eigenvalue weighted by Gasteiger charge is 2.38. The average Bonchev–Trinajstić information content (AvgIpc) is 4.01. The van der Waals surface area contributed by atoms with Crippen molar-refractivity contribution in [3.63, 3.8) is 0 Å². The monoisotopic (exact) mass is 806 g/mol. The van der Waals surface area contributed by atoms with Crippen molar-refractivity contribution in [1.29, 1.82) is 0 Å². The number of hydrogen-bond donors (Lipinski definition) is 0. The highest BCUT2D eigenvalue weighted by molar-refractivity contribution is 6.13. The van der Waals surface area contributed by atoms with Gasteiger partial charge in [0.15, 0.2) is 11.4 Å². The first-order valence-corrected chi connectivity index (χ1v) is 21.6.